The van der Waals surface area contributed by atoms with Gasteiger partial charge in [0.15, 0.2) is 0 Å². The molecule has 1 unspecified atom stereocenters. The molecule has 2 aromatic carbocycles. The van der Waals surface area contributed by atoms with E-state index in [9.17, 15) is 8.78 Å². The zero-order valence-electron chi connectivity index (χ0n) is 12.1. The fraction of sp³-hybridized carbons (Fsp3) is 0.294. The fourth-order valence-electron chi connectivity index (χ4n) is 2.43. The predicted molar refractivity (Wildman–Crippen MR) is 82.7 cm³/mol. The minimum Gasteiger partial charge on any atom is -0.310 e. The van der Waals surface area contributed by atoms with Crippen molar-refractivity contribution < 1.29 is 8.78 Å². The average molecular weight is 310 g/mol. The summed E-state index contributed by atoms with van der Waals surface area (Å²) in [4.78, 5) is 0. The molecule has 0 fully saturated rings. The maximum absolute atomic E-state index is 13.5. The Bertz CT molecular complexity index is 628. The number of aryl methyl sites for hydroxylation is 1. The lowest BCUT2D eigenvalue weighted by Crippen LogP contribution is -2.24. The molecule has 0 saturated heterocycles. The molecule has 0 spiro atoms. The third-order valence-corrected chi connectivity index (χ3v) is 3.80. The van der Waals surface area contributed by atoms with Crippen LogP contribution in [0.4, 0.5) is 8.78 Å². The maximum Gasteiger partial charge on any atom is 0.142 e. The zero-order valence-corrected chi connectivity index (χ0v) is 12.8. The molecule has 0 bridgehead atoms. The van der Waals surface area contributed by atoms with Gasteiger partial charge in [-0.05, 0) is 60.8 Å². The maximum atomic E-state index is 13.5. The normalized spacial score (nSPS) is 12.4. The highest BCUT2D eigenvalue weighted by Gasteiger charge is 2.15. The molecule has 1 atom stereocenters. The first-order chi connectivity index (χ1) is 10.0. The van der Waals surface area contributed by atoms with Crippen LogP contribution in [0.5, 0.6) is 0 Å². The standard InChI is InChI=1S/C17H18ClF2N/c1-3-21-17(14-10-13(19)6-4-11(14)2)9-12-5-7-15(18)16(20)8-12/h4-8,10,17,21H,3,9H2,1-2H3. The van der Waals surface area contributed by atoms with Crippen LogP contribution in [0.3, 0.4) is 0 Å². The van der Waals surface area contributed by atoms with Crippen molar-refractivity contribution in [3.05, 3.63) is 69.7 Å². The van der Waals surface area contributed by atoms with E-state index in [-0.39, 0.29) is 16.9 Å². The summed E-state index contributed by atoms with van der Waals surface area (Å²) in [5.74, 6) is -0.693. The van der Waals surface area contributed by atoms with Gasteiger partial charge in [0, 0.05) is 6.04 Å². The molecule has 0 amide bonds. The molecule has 0 radical (unpaired) electrons. The summed E-state index contributed by atoms with van der Waals surface area (Å²) in [6.45, 7) is 4.68. The molecule has 0 aliphatic rings. The van der Waals surface area contributed by atoms with Crippen LogP contribution in [0.15, 0.2) is 36.4 Å². The van der Waals surface area contributed by atoms with Crippen LogP contribution in [-0.2, 0) is 6.42 Å². The van der Waals surface area contributed by atoms with Gasteiger partial charge in [0.25, 0.3) is 0 Å². The minimum absolute atomic E-state index is 0.0636. The highest BCUT2D eigenvalue weighted by Crippen LogP contribution is 2.24. The van der Waals surface area contributed by atoms with E-state index in [1.165, 1.54) is 18.2 Å². The molecule has 4 heteroatoms. The Hall–Kier alpha value is -1.45. The van der Waals surface area contributed by atoms with Crippen LogP contribution < -0.4 is 5.32 Å². The van der Waals surface area contributed by atoms with Crippen molar-refractivity contribution in [2.24, 2.45) is 0 Å². The topological polar surface area (TPSA) is 12.0 Å². The van der Waals surface area contributed by atoms with Gasteiger partial charge in [0.2, 0.25) is 0 Å². The molecule has 0 aromatic heterocycles. The van der Waals surface area contributed by atoms with E-state index in [1.807, 2.05) is 13.8 Å². The van der Waals surface area contributed by atoms with Crippen LogP contribution in [0, 0.1) is 18.6 Å². The van der Waals surface area contributed by atoms with E-state index < -0.39 is 5.82 Å². The lowest BCUT2D eigenvalue weighted by Gasteiger charge is -2.21. The molecular weight excluding hydrogens is 292 g/mol. The van der Waals surface area contributed by atoms with Crippen molar-refractivity contribution in [2.75, 3.05) is 6.54 Å². The summed E-state index contributed by atoms with van der Waals surface area (Å²) in [5, 5.41) is 3.44. The van der Waals surface area contributed by atoms with Gasteiger partial charge in [0.1, 0.15) is 11.6 Å². The van der Waals surface area contributed by atoms with Crippen LogP contribution in [0.25, 0.3) is 0 Å². The van der Waals surface area contributed by atoms with Gasteiger partial charge in [-0.3, -0.25) is 0 Å². The van der Waals surface area contributed by atoms with Gasteiger partial charge < -0.3 is 5.32 Å². The Morgan fingerprint density at radius 2 is 1.90 bits per heavy atom. The highest BCUT2D eigenvalue weighted by molar-refractivity contribution is 6.30. The number of likely N-dealkylation sites (N-methyl/N-ethyl adjacent to an activating group) is 1. The molecule has 0 heterocycles. The molecule has 1 N–H and O–H groups in total. The number of hydrogen-bond donors (Lipinski definition) is 1. The molecular formula is C17H18ClF2N. The Kier molecular flexibility index (Phi) is 5.32. The molecule has 0 aliphatic heterocycles. The van der Waals surface area contributed by atoms with Gasteiger partial charge >= 0.3 is 0 Å². The van der Waals surface area contributed by atoms with Crippen molar-refractivity contribution in [1.82, 2.24) is 5.32 Å². The van der Waals surface area contributed by atoms with Crippen molar-refractivity contribution in [1.29, 1.82) is 0 Å². The summed E-state index contributed by atoms with van der Waals surface area (Å²) in [6.07, 6.45) is 0.576. The lowest BCUT2D eigenvalue weighted by atomic mass is 9.95. The van der Waals surface area contributed by atoms with Crippen molar-refractivity contribution >= 4 is 11.6 Å². The summed E-state index contributed by atoms with van der Waals surface area (Å²) < 4.78 is 27.0. The largest absolute Gasteiger partial charge is 0.310 e. The molecule has 2 rings (SSSR count). The van der Waals surface area contributed by atoms with Gasteiger partial charge in [-0.1, -0.05) is 30.7 Å². The van der Waals surface area contributed by atoms with Crippen LogP contribution in [0.2, 0.25) is 5.02 Å². The summed E-state index contributed by atoms with van der Waals surface area (Å²) in [6, 6.07) is 9.46. The lowest BCUT2D eigenvalue weighted by molar-refractivity contribution is 0.537. The van der Waals surface area contributed by atoms with E-state index in [0.717, 1.165) is 23.2 Å². The third kappa shape index (κ3) is 4.02. The van der Waals surface area contributed by atoms with Gasteiger partial charge in [-0.25, -0.2) is 8.78 Å². The Labute approximate surface area is 128 Å². The Morgan fingerprint density at radius 1 is 1.14 bits per heavy atom. The first-order valence-electron chi connectivity index (χ1n) is 6.94. The molecule has 2 aromatic rings. The number of nitrogens with one attached hydrogen (secondary N) is 1. The van der Waals surface area contributed by atoms with Crippen molar-refractivity contribution in [2.45, 2.75) is 26.3 Å². The number of halogens is 3. The van der Waals surface area contributed by atoms with E-state index in [4.69, 9.17) is 11.6 Å². The molecule has 1 nitrogen and oxygen atoms in total. The van der Waals surface area contributed by atoms with E-state index in [2.05, 4.69) is 5.32 Å². The summed E-state index contributed by atoms with van der Waals surface area (Å²) in [5.41, 5.74) is 2.73. The first-order valence-corrected chi connectivity index (χ1v) is 7.32. The van der Waals surface area contributed by atoms with Gasteiger partial charge in [-0.15, -0.1) is 0 Å². The molecule has 0 aliphatic carbocycles. The van der Waals surface area contributed by atoms with E-state index in [1.54, 1.807) is 18.2 Å². The number of hydrogen-bond acceptors (Lipinski definition) is 1. The average Bonchev–Trinajstić information content (AvgIpc) is 2.45. The molecule has 0 saturated carbocycles. The first kappa shape index (κ1) is 15.9. The predicted octanol–water partition coefficient (Wildman–Crippen LogP) is 4.82. The quantitative estimate of drug-likeness (QED) is 0.835. The van der Waals surface area contributed by atoms with E-state index >= 15 is 0 Å². The summed E-state index contributed by atoms with van der Waals surface area (Å²) >= 11 is 5.70. The molecule has 21 heavy (non-hydrogen) atoms. The summed E-state index contributed by atoms with van der Waals surface area (Å²) in [7, 11) is 0. The Morgan fingerprint density at radius 3 is 2.57 bits per heavy atom. The second kappa shape index (κ2) is 7.01. The van der Waals surface area contributed by atoms with E-state index in [0.29, 0.717) is 6.42 Å². The molecule has 112 valence electrons. The van der Waals surface area contributed by atoms with Crippen LogP contribution in [-0.4, -0.2) is 6.54 Å². The van der Waals surface area contributed by atoms with Gasteiger partial charge in [0.05, 0.1) is 5.02 Å². The fourth-order valence-corrected chi connectivity index (χ4v) is 2.55. The Balaban J connectivity index is 2.30. The smallest absolute Gasteiger partial charge is 0.142 e. The van der Waals surface area contributed by atoms with Crippen molar-refractivity contribution in [3.8, 4) is 0 Å². The zero-order chi connectivity index (χ0) is 15.4. The number of rotatable bonds is 5. The monoisotopic (exact) mass is 309 g/mol. The second-order valence-corrected chi connectivity index (χ2v) is 5.47. The second-order valence-electron chi connectivity index (χ2n) is 5.06. The van der Waals surface area contributed by atoms with Gasteiger partial charge in [-0.2, -0.15) is 0 Å². The highest BCUT2D eigenvalue weighted by atomic mass is 35.5. The third-order valence-electron chi connectivity index (χ3n) is 3.49. The SMILES string of the molecule is CCNC(Cc1ccc(Cl)c(F)c1)c1cc(F)ccc1C. The minimum atomic E-state index is -0.430. The number of benzene rings is 2. The van der Waals surface area contributed by atoms with Crippen LogP contribution in [0.1, 0.15) is 29.7 Å². The van der Waals surface area contributed by atoms with Crippen molar-refractivity contribution in [3.63, 3.8) is 0 Å². The van der Waals surface area contributed by atoms with Crippen LogP contribution >= 0.6 is 11.6 Å².